The number of hydrogen-bond donors (Lipinski definition) is 2. The summed E-state index contributed by atoms with van der Waals surface area (Å²) < 4.78 is 5.47. The van der Waals surface area contributed by atoms with Gasteiger partial charge in [-0.2, -0.15) is 0 Å². The molecule has 0 saturated heterocycles. The summed E-state index contributed by atoms with van der Waals surface area (Å²) >= 11 is 0. The molecule has 0 aromatic heterocycles. The quantitative estimate of drug-likeness (QED) is 0.862. The lowest BCUT2D eigenvalue weighted by atomic mass is 10.0. The maximum Gasteiger partial charge on any atom is 0.251 e. The molecule has 22 heavy (non-hydrogen) atoms. The van der Waals surface area contributed by atoms with Crippen molar-refractivity contribution in [2.75, 3.05) is 13.2 Å². The zero-order chi connectivity index (χ0) is 15.9. The molecule has 4 nitrogen and oxygen atoms in total. The van der Waals surface area contributed by atoms with Gasteiger partial charge >= 0.3 is 0 Å². The summed E-state index contributed by atoms with van der Waals surface area (Å²) in [6, 6.07) is 13.3. The topological polar surface area (TPSA) is 58.6 Å². The number of aliphatic hydroxyl groups excluding tert-OH is 1. The van der Waals surface area contributed by atoms with Crippen LogP contribution in [0.25, 0.3) is 0 Å². The number of amides is 1. The zero-order valence-electron chi connectivity index (χ0n) is 12.9. The molecule has 0 heterocycles. The molecule has 0 aliphatic heterocycles. The van der Waals surface area contributed by atoms with E-state index in [0.717, 1.165) is 16.7 Å². The van der Waals surface area contributed by atoms with Gasteiger partial charge < -0.3 is 15.2 Å². The average molecular weight is 299 g/mol. The first kappa shape index (κ1) is 16.0. The molecule has 4 heteroatoms. The van der Waals surface area contributed by atoms with Crippen LogP contribution in [0.2, 0.25) is 0 Å². The number of carbonyl (C=O) groups excluding carboxylic acids is 1. The van der Waals surface area contributed by atoms with E-state index >= 15 is 0 Å². The minimum absolute atomic E-state index is 0.0385. The SMILES string of the molecule is Cc1ccc(C)c(C(=O)NCc2ccccc2OCCO)c1. The minimum atomic E-state index is -0.0989. The Kier molecular flexibility index (Phi) is 5.55. The number of aryl methyl sites for hydroxylation is 2. The Bertz CT molecular complexity index is 653. The van der Waals surface area contributed by atoms with Crippen LogP contribution in [-0.4, -0.2) is 24.2 Å². The highest BCUT2D eigenvalue weighted by molar-refractivity contribution is 5.95. The largest absolute Gasteiger partial charge is 0.491 e. The zero-order valence-corrected chi connectivity index (χ0v) is 12.9. The second-order valence-electron chi connectivity index (χ2n) is 5.18. The summed E-state index contributed by atoms with van der Waals surface area (Å²) in [6.45, 7) is 4.47. The third-order valence-electron chi connectivity index (χ3n) is 3.40. The number of nitrogens with one attached hydrogen (secondary N) is 1. The molecule has 2 rings (SSSR count). The molecule has 0 radical (unpaired) electrons. The number of rotatable bonds is 6. The number of aliphatic hydroxyl groups is 1. The number of ether oxygens (including phenoxy) is 1. The fraction of sp³-hybridized carbons (Fsp3) is 0.278. The Hall–Kier alpha value is -2.33. The summed E-state index contributed by atoms with van der Waals surface area (Å²) in [6.07, 6.45) is 0. The molecule has 0 atom stereocenters. The van der Waals surface area contributed by atoms with Crippen LogP contribution in [0.15, 0.2) is 42.5 Å². The van der Waals surface area contributed by atoms with E-state index in [9.17, 15) is 4.79 Å². The monoisotopic (exact) mass is 299 g/mol. The molecule has 2 aromatic rings. The first-order valence-corrected chi connectivity index (χ1v) is 7.29. The highest BCUT2D eigenvalue weighted by Gasteiger charge is 2.10. The second-order valence-corrected chi connectivity index (χ2v) is 5.18. The highest BCUT2D eigenvalue weighted by atomic mass is 16.5. The number of para-hydroxylation sites is 1. The fourth-order valence-electron chi connectivity index (χ4n) is 2.20. The van der Waals surface area contributed by atoms with Crippen molar-refractivity contribution in [3.8, 4) is 5.75 Å². The van der Waals surface area contributed by atoms with Gasteiger partial charge in [-0.25, -0.2) is 0 Å². The van der Waals surface area contributed by atoms with Gasteiger partial charge in [0.2, 0.25) is 0 Å². The Morgan fingerprint density at radius 3 is 2.73 bits per heavy atom. The van der Waals surface area contributed by atoms with Gasteiger partial charge in [0.15, 0.2) is 0 Å². The Morgan fingerprint density at radius 2 is 1.95 bits per heavy atom. The first-order chi connectivity index (χ1) is 10.6. The molecule has 0 saturated carbocycles. The summed E-state index contributed by atoms with van der Waals surface area (Å²) in [5.41, 5.74) is 3.58. The number of benzene rings is 2. The summed E-state index contributed by atoms with van der Waals surface area (Å²) in [5.74, 6) is 0.580. The van der Waals surface area contributed by atoms with Gasteiger partial charge in [0.05, 0.1) is 6.61 Å². The molecule has 2 aromatic carbocycles. The first-order valence-electron chi connectivity index (χ1n) is 7.29. The highest BCUT2D eigenvalue weighted by Crippen LogP contribution is 2.18. The van der Waals surface area contributed by atoms with Gasteiger partial charge in [0, 0.05) is 17.7 Å². The van der Waals surface area contributed by atoms with Gasteiger partial charge in [0.25, 0.3) is 5.91 Å². The van der Waals surface area contributed by atoms with Crippen molar-refractivity contribution in [2.24, 2.45) is 0 Å². The third-order valence-corrected chi connectivity index (χ3v) is 3.40. The maximum atomic E-state index is 12.3. The van der Waals surface area contributed by atoms with E-state index in [1.807, 2.05) is 56.3 Å². The lowest BCUT2D eigenvalue weighted by molar-refractivity contribution is 0.0949. The van der Waals surface area contributed by atoms with Crippen molar-refractivity contribution >= 4 is 5.91 Å². The van der Waals surface area contributed by atoms with Crippen LogP contribution in [-0.2, 0) is 6.54 Å². The van der Waals surface area contributed by atoms with Crippen molar-refractivity contribution < 1.29 is 14.6 Å². The van der Waals surface area contributed by atoms with Crippen molar-refractivity contribution in [2.45, 2.75) is 20.4 Å². The molecular formula is C18H21NO3. The van der Waals surface area contributed by atoms with E-state index in [1.54, 1.807) is 0 Å². The van der Waals surface area contributed by atoms with Gasteiger partial charge in [-0.15, -0.1) is 0 Å². The van der Waals surface area contributed by atoms with Crippen LogP contribution in [0.3, 0.4) is 0 Å². The summed E-state index contributed by atoms with van der Waals surface area (Å²) in [5, 5.41) is 11.8. The normalized spacial score (nSPS) is 10.3. The van der Waals surface area contributed by atoms with Crippen LogP contribution < -0.4 is 10.1 Å². The van der Waals surface area contributed by atoms with Crippen LogP contribution in [0.5, 0.6) is 5.75 Å². The molecule has 0 spiro atoms. The van der Waals surface area contributed by atoms with E-state index < -0.39 is 0 Å². The van der Waals surface area contributed by atoms with Gasteiger partial charge in [0.1, 0.15) is 12.4 Å². The van der Waals surface area contributed by atoms with E-state index in [2.05, 4.69) is 5.32 Å². The van der Waals surface area contributed by atoms with Crippen molar-refractivity contribution in [3.63, 3.8) is 0 Å². The van der Waals surface area contributed by atoms with Crippen LogP contribution in [0, 0.1) is 13.8 Å². The molecule has 2 N–H and O–H groups in total. The van der Waals surface area contributed by atoms with Gasteiger partial charge in [-0.05, 0) is 31.5 Å². The van der Waals surface area contributed by atoms with Gasteiger partial charge in [-0.3, -0.25) is 4.79 Å². The molecule has 1 amide bonds. The van der Waals surface area contributed by atoms with Crippen LogP contribution >= 0.6 is 0 Å². The van der Waals surface area contributed by atoms with E-state index in [-0.39, 0.29) is 19.1 Å². The molecule has 0 bridgehead atoms. The standard InChI is InChI=1S/C18H21NO3/c1-13-7-8-14(2)16(11-13)18(21)19-12-15-5-3-4-6-17(15)22-10-9-20/h3-8,11,20H,9-10,12H2,1-2H3,(H,19,21). The van der Waals surface area contributed by atoms with E-state index in [0.29, 0.717) is 17.9 Å². The van der Waals surface area contributed by atoms with E-state index in [1.165, 1.54) is 0 Å². The van der Waals surface area contributed by atoms with Crippen LogP contribution in [0.4, 0.5) is 0 Å². The van der Waals surface area contributed by atoms with Crippen molar-refractivity contribution in [1.82, 2.24) is 5.32 Å². The summed E-state index contributed by atoms with van der Waals surface area (Å²) in [4.78, 5) is 12.3. The summed E-state index contributed by atoms with van der Waals surface area (Å²) in [7, 11) is 0. The number of hydrogen-bond acceptors (Lipinski definition) is 3. The third kappa shape index (κ3) is 4.09. The molecule has 0 unspecified atom stereocenters. The minimum Gasteiger partial charge on any atom is -0.491 e. The molecule has 0 aliphatic carbocycles. The molecular weight excluding hydrogens is 278 g/mol. The Labute approximate surface area is 130 Å². The molecule has 0 fully saturated rings. The lowest BCUT2D eigenvalue weighted by Crippen LogP contribution is -2.24. The van der Waals surface area contributed by atoms with Crippen molar-refractivity contribution in [1.29, 1.82) is 0 Å². The van der Waals surface area contributed by atoms with Crippen LogP contribution in [0.1, 0.15) is 27.0 Å². The second kappa shape index (κ2) is 7.61. The molecule has 116 valence electrons. The Balaban J connectivity index is 2.06. The fourth-order valence-corrected chi connectivity index (χ4v) is 2.20. The maximum absolute atomic E-state index is 12.3. The lowest BCUT2D eigenvalue weighted by Gasteiger charge is -2.12. The predicted octanol–water partition coefficient (Wildman–Crippen LogP) is 2.60. The average Bonchev–Trinajstić information content (AvgIpc) is 2.53. The molecule has 0 aliphatic rings. The smallest absolute Gasteiger partial charge is 0.251 e. The van der Waals surface area contributed by atoms with Crippen molar-refractivity contribution in [3.05, 3.63) is 64.7 Å². The Morgan fingerprint density at radius 1 is 1.18 bits per heavy atom. The van der Waals surface area contributed by atoms with E-state index in [4.69, 9.17) is 9.84 Å². The number of carbonyl (C=O) groups is 1. The van der Waals surface area contributed by atoms with Gasteiger partial charge in [-0.1, -0.05) is 35.9 Å². The predicted molar refractivity (Wildman–Crippen MR) is 86.1 cm³/mol.